The Labute approximate surface area is 89.0 Å². The molecule has 1 aromatic carbocycles. The summed E-state index contributed by atoms with van der Waals surface area (Å²) >= 11 is 5.54. The molecule has 0 N–H and O–H groups in total. The van der Waals surface area contributed by atoms with Crippen molar-refractivity contribution in [2.24, 2.45) is 0 Å². The SMILES string of the molecule is [C-]#[N+]Cc1ccc(OC(F)(F)F)c(Cl)c1. The fourth-order valence-corrected chi connectivity index (χ4v) is 1.18. The topological polar surface area (TPSA) is 13.6 Å². The van der Waals surface area contributed by atoms with Gasteiger partial charge in [-0.1, -0.05) is 11.6 Å². The van der Waals surface area contributed by atoms with Crippen molar-refractivity contribution in [2.75, 3.05) is 0 Å². The van der Waals surface area contributed by atoms with Crippen molar-refractivity contribution < 1.29 is 17.9 Å². The highest BCUT2D eigenvalue weighted by molar-refractivity contribution is 6.32. The molecule has 80 valence electrons. The summed E-state index contributed by atoms with van der Waals surface area (Å²) in [7, 11) is 0. The number of nitrogens with zero attached hydrogens (tertiary/aromatic N) is 1. The van der Waals surface area contributed by atoms with E-state index in [1.807, 2.05) is 0 Å². The van der Waals surface area contributed by atoms with Crippen LogP contribution in [0, 0.1) is 6.57 Å². The second-order valence-electron chi connectivity index (χ2n) is 2.63. The van der Waals surface area contributed by atoms with Crippen LogP contribution in [0.3, 0.4) is 0 Å². The molecule has 0 heterocycles. The highest BCUT2D eigenvalue weighted by Gasteiger charge is 2.32. The van der Waals surface area contributed by atoms with Gasteiger partial charge in [0.15, 0.2) is 0 Å². The maximum absolute atomic E-state index is 11.8. The van der Waals surface area contributed by atoms with Crippen molar-refractivity contribution in [2.45, 2.75) is 12.9 Å². The van der Waals surface area contributed by atoms with Crippen LogP contribution in [-0.2, 0) is 6.54 Å². The van der Waals surface area contributed by atoms with Crippen LogP contribution in [-0.4, -0.2) is 6.36 Å². The zero-order chi connectivity index (χ0) is 11.5. The molecule has 1 rings (SSSR count). The summed E-state index contributed by atoms with van der Waals surface area (Å²) in [5.74, 6) is -0.460. The molecular weight excluding hydrogens is 231 g/mol. The molecule has 15 heavy (non-hydrogen) atoms. The quantitative estimate of drug-likeness (QED) is 0.714. The number of ether oxygens (including phenoxy) is 1. The minimum Gasteiger partial charge on any atom is -0.404 e. The van der Waals surface area contributed by atoms with Crippen LogP contribution in [0.25, 0.3) is 4.85 Å². The molecule has 0 aliphatic rings. The summed E-state index contributed by atoms with van der Waals surface area (Å²) < 4.78 is 39.2. The maximum Gasteiger partial charge on any atom is 0.573 e. The molecule has 0 amide bonds. The van der Waals surface area contributed by atoms with E-state index in [1.54, 1.807) is 0 Å². The van der Waals surface area contributed by atoms with Gasteiger partial charge in [0.25, 0.3) is 0 Å². The summed E-state index contributed by atoms with van der Waals surface area (Å²) in [5.41, 5.74) is 0.546. The molecule has 0 saturated carbocycles. The molecule has 6 heteroatoms. The molecule has 0 atom stereocenters. The van der Waals surface area contributed by atoms with E-state index in [0.29, 0.717) is 5.56 Å². The number of alkyl halides is 3. The van der Waals surface area contributed by atoms with Crippen molar-refractivity contribution in [1.82, 2.24) is 0 Å². The summed E-state index contributed by atoms with van der Waals surface area (Å²) in [6.07, 6.45) is -4.76. The van der Waals surface area contributed by atoms with Crippen LogP contribution in [0.2, 0.25) is 5.02 Å². The van der Waals surface area contributed by atoms with Gasteiger partial charge in [0.05, 0.1) is 5.02 Å². The first-order valence-electron chi connectivity index (χ1n) is 3.80. The predicted octanol–water partition coefficient (Wildman–Crippen LogP) is 3.66. The van der Waals surface area contributed by atoms with Crippen LogP contribution in [0.5, 0.6) is 5.75 Å². The van der Waals surface area contributed by atoms with Crippen LogP contribution < -0.4 is 4.74 Å². The van der Waals surface area contributed by atoms with E-state index in [2.05, 4.69) is 9.58 Å². The van der Waals surface area contributed by atoms with E-state index in [4.69, 9.17) is 18.2 Å². The lowest BCUT2D eigenvalue weighted by Gasteiger charge is -2.10. The molecule has 0 fully saturated rings. The lowest BCUT2D eigenvalue weighted by molar-refractivity contribution is -0.274. The van der Waals surface area contributed by atoms with E-state index in [0.717, 1.165) is 6.07 Å². The Kier molecular flexibility index (Phi) is 3.43. The van der Waals surface area contributed by atoms with E-state index in [1.165, 1.54) is 12.1 Å². The molecule has 1 aromatic rings. The zero-order valence-corrected chi connectivity index (χ0v) is 8.06. The number of halogens is 4. The largest absolute Gasteiger partial charge is 0.573 e. The molecule has 0 unspecified atom stereocenters. The number of rotatable bonds is 2. The van der Waals surface area contributed by atoms with E-state index in [-0.39, 0.29) is 11.6 Å². The molecule has 0 bridgehead atoms. The molecular formula is C9H5ClF3NO. The number of hydrogen-bond acceptors (Lipinski definition) is 1. The Morgan fingerprint density at radius 1 is 1.40 bits per heavy atom. The Balaban J connectivity index is 2.89. The normalized spacial score (nSPS) is 10.9. The van der Waals surface area contributed by atoms with Crippen molar-refractivity contribution in [1.29, 1.82) is 0 Å². The number of hydrogen-bond donors (Lipinski definition) is 0. The van der Waals surface area contributed by atoms with E-state index < -0.39 is 12.1 Å². The van der Waals surface area contributed by atoms with Gasteiger partial charge >= 0.3 is 6.36 Å². The first-order chi connectivity index (χ1) is 6.92. The molecule has 2 nitrogen and oxygen atoms in total. The smallest absolute Gasteiger partial charge is 0.404 e. The van der Waals surface area contributed by atoms with Gasteiger partial charge in [-0.25, -0.2) is 6.57 Å². The fraction of sp³-hybridized carbons (Fsp3) is 0.222. The molecule has 0 aliphatic heterocycles. The van der Waals surface area contributed by atoms with Gasteiger partial charge in [0.2, 0.25) is 6.54 Å². The summed E-state index contributed by atoms with van der Waals surface area (Å²) in [5, 5.41) is -0.159. The molecule has 0 saturated heterocycles. The van der Waals surface area contributed by atoms with Gasteiger partial charge < -0.3 is 9.58 Å². The third-order valence-corrected chi connectivity index (χ3v) is 1.78. The second-order valence-corrected chi connectivity index (χ2v) is 3.04. The van der Waals surface area contributed by atoms with Crippen LogP contribution >= 0.6 is 11.6 Å². The Bertz CT molecular complexity index is 397. The Hall–Kier alpha value is -1.41. The molecule has 0 radical (unpaired) electrons. The highest BCUT2D eigenvalue weighted by Crippen LogP contribution is 2.30. The monoisotopic (exact) mass is 235 g/mol. The summed E-state index contributed by atoms with van der Waals surface area (Å²) in [4.78, 5) is 3.08. The van der Waals surface area contributed by atoms with Crippen molar-refractivity contribution in [3.05, 3.63) is 40.2 Å². The second kappa shape index (κ2) is 4.41. The van der Waals surface area contributed by atoms with Crippen molar-refractivity contribution in [3.63, 3.8) is 0 Å². The van der Waals surface area contributed by atoms with Gasteiger partial charge in [0.1, 0.15) is 5.75 Å². The highest BCUT2D eigenvalue weighted by atomic mass is 35.5. The molecule has 0 aliphatic carbocycles. The van der Waals surface area contributed by atoms with Gasteiger partial charge in [-0.15, -0.1) is 13.2 Å². The standard InChI is InChI=1S/C9H5ClF3NO/c1-14-5-6-2-3-8(7(10)4-6)15-9(11,12)13/h2-4H,5H2. The van der Waals surface area contributed by atoms with Crippen molar-refractivity contribution >= 4 is 11.6 Å². The summed E-state index contributed by atoms with van der Waals surface area (Å²) in [6.45, 7) is 6.65. The van der Waals surface area contributed by atoms with Crippen LogP contribution in [0.1, 0.15) is 5.56 Å². The number of benzene rings is 1. The molecule has 0 aromatic heterocycles. The van der Waals surface area contributed by atoms with Gasteiger partial charge in [0, 0.05) is 5.56 Å². The minimum atomic E-state index is -4.76. The van der Waals surface area contributed by atoms with Gasteiger partial charge in [-0.05, 0) is 18.2 Å². The van der Waals surface area contributed by atoms with Crippen LogP contribution in [0.4, 0.5) is 13.2 Å². The zero-order valence-electron chi connectivity index (χ0n) is 7.31. The van der Waals surface area contributed by atoms with Gasteiger partial charge in [-0.3, -0.25) is 0 Å². The first kappa shape index (κ1) is 11.7. The maximum atomic E-state index is 11.8. The average molecular weight is 236 g/mol. The lowest BCUT2D eigenvalue weighted by atomic mass is 10.2. The Morgan fingerprint density at radius 2 is 2.07 bits per heavy atom. The first-order valence-corrected chi connectivity index (χ1v) is 4.17. The fourth-order valence-electron chi connectivity index (χ4n) is 0.941. The van der Waals surface area contributed by atoms with E-state index in [9.17, 15) is 13.2 Å². The third kappa shape index (κ3) is 3.68. The lowest BCUT2D eigenvalue weighted by Crippen LogP contribution is -2.17. The average Bonchev–Trinajstić information content (AvgIpc) is 2.08. The minimum absolute atomic E-state index is 0.0754. The van der Waals surface area contributed by atoms with Crippen LogP contribution in [0.15, 0.2) is 18.2 Å². The Morgan fingerprint density at radius 3 is 2.53 bits per heavy atom. The predicted molar refractivity (Wildman–Crippen MR) is 48.4 cm³/mol. The molecule has 0 spiro atoms. The van der Waals surface area contributed by atoms with Crippen molar-refractivity contribution in [3.8, 4) is 5.75 Å². The van der Waals surface area contributed by atoms with E-state index >= 15 is 0 Å². The van der Waals surface area contributed by atoms with Gasteiger partial charge in [-0.2, -0.15) is 0 Å². The summed E-state index contributed by atoms with van der Waals surface area (Å²) in [6, 6.07) is 3.74. The third-order valence-electron chi connectivity index (χ3n) is 1.48.